The van der Waals surface area contributed by atoms with Crippen LogP contribution in [0.15, 0.2) is 16.6 Å². The van der Waals surface area contributed by atoms with Crippen molar-refractivity contribution in [3.05, 3.63) is 39.2 Å². The Balaban J connectivity index is 2.50. The monoisotopic (exact) mass is 309 g/mol. The maximum Gasteiger partial charge on any atom is 0.336 e. The molecule has 0 saturated carbocycles. The predicted octanol–water partition coefficient (Wildman–Crippen LogP) is 3.32. The minimum atomic E-state index is -1.02. The summed E-state index contributed by atoms with van der Waals surface area (Å²) >= 11 is 3.24. The van der Waals surface area contributed by atoms with Crippen LogP contribution in [-0.2, 0) is 12.8 Å². The molecule has 0 aliphatic heterocycles. The summed E-state index contributed by atoms with van der Waals surface area (Å²) in [5.74, 6) is -1.48. The molecule has 0 bridgehead atoms. The summed E-state index contributed by atoms with van der Waals surface area (Å²) in [6, 6.07) is 2.55. The lowest BCUT2D eigenvalue weighted by Crippen LogP contribution is -2.06. The number of carboxylic acid groups (broad SMARTS) is 1. The zero-order valence-electron chi connectivity index (χ0n) is 9.33. The molecule has 0 radical (unpaired) electrons. The van der Waals surface area contributed by atoms with Crippen LogP contribution in [0.1, 0.15) is 28.0 Å². The van der Waals surface area contributed by atoms with Gasteiger partial charge in [-0.15, -0.1) is 0 Å². The van der Waals surface area contributed by atoms with Gasteiger partial charge in [-0.05, 0) is 52.9 Å². The number of pyridine rings is 1. The van der Waals surface area contributed by atoms with E-state index in [2.05, 4.69) is 20.9 Å². The molecule has 18 heavy (non-hydrogen) atoms. The number of halogens is 2. The highest BCUT2D eigenvalue weighted by Gasteiger charge is 2.24. The van der Waals surface area contributed by atoms with Crippen molar-refractivity contribution in [3.63, 3.8) is 0 Å². The number of benzene rings is 1. The van der Waals surface area contributed by atoms with Gasteiger partial charge in [0, 0.05) is 15.6 Å². The molecule has 0 saturated heterocycles. The molecule has 0 unspecified atom stereocenters. The third-order valence-electron chi connectivity index (χ3n) is 3.25. The third-order valence-corrected chi connectivity index (χ3v) is 3.85. The standard InChI is InChI=1S/C13H9BrFNO2/c14-9-5-6(15)4-8-11(13(17)18)7-2-1-3-10(7)16-12(8)9/h4-5H,1-3H2,(H,17,18). The van der Waals surface area contributed by atoms with Crippen LogP contribution in [0.4, 0.5) is 4.39 Å². The first-order valence-electron chi connectivity index (χ1n) is 5.61. The van der Waals surface area contributed by atoms with Gasteiger partial charge in [-0.1, -0.05) is 0 Å². The van der Waals surface area contributed by atoms with Crippen LogP contribution >= 0.6 is 15.9 Å². The van der Waals surface area contributed by atoms with Crippen LogP contribution in [-0.4, -0.2) is 16.1 Å². The summed E-state index contributed by atoms with van der Waals surface area (Å²) in [7, 11) is 0. The van der Waals surface area contributed by atoms with Crippen LogP contribution in [0, 0.1) is 5.82 Å². The molecule has 0 spiro atoms. The summed E-state index contributed by atoms with van der Waals surface area (Å²) in [6.07, 6.45) is 2.39. The minimum absolute atomic E-state index is 0.202. The molecule has 0 atom stereocenters. The lowest BCUT2D eigenvalue weighted by atomic mass is 10.0. The van der Waals surface area contributed by atoms with Gasteiger partial charge in [0.2, 0.25) is 0 Å². The highest BCUT2D eigenvalue weighted by molar-refractivity contribution is 9.10. The highest BCUT2D eigenvalue weighted by Crippen LogP contribution is 2.33. The van der Waals surface area contributed by atoms with Crippen molar-refractivity contribution in [2.45, 2.75) is 19.3 Å². The normalized spacial score (nSPS) is 13.9. The van der Waals surface area contributed by atoms with Gasteiger partial charge in [0.05, 0.1) is 11.1 Å². The van der Waals surface area contributed by atoms with Crippen molar-refractivity contribution in [2.75, 3.05) is 0 Å². The molecule has 0 fully saturated rings. The SMILES string of the molecule is O=C(O)c1c2c(nc3c(Br)cc(F)cc13)CCC2. The van der Waals surface area contributed by atoms with Gasteiger partial charge in [0.25, 0.3) is 0 Å². The summed E-state index contributed by atoms with van der Waals surface area (Å²) < 4.78 is 13.9. The number of hydrogen-bond acceptors (Lipinski definition) is 2. The molecule has 3 nitrogen and oxygen atoms in total. The van der Waals surface area contributed by atoms with E-state index in [0.717, 1.165) is 24.1 Å². The van der Waals surface area contributed by atoms with Crippen molar-refractivity contribution in [1.82, 2.24) is 4.98 Å². The highest BCUT2D eigenvalue weighted by atomic mass is 79.9. The fraction of sp³-hybridized carbons (Fsp3) is 0.231. The fourth-order valence-electron chi connectivity index (χ4n) is 2.53. The van der Waals surface area contributed by atoms with Gasteiger partial charge < -0.3 is 5.11 Å². The molecule has 1 aromatic carbocycles. The predicted molar refractivity (Wildman–Crippen MR) is 68.4 cm³/mol. The Kier molecular flexibility index (Phi) is 2.59. The number of fused-ring (bicyclic) bond motifs is 2. The van der Waals surface area contributed by atoms with Crippen LogP contribution in [0.5, 0.6) is 0 Å². The molecule has 1 aliphatic carbocycles. The van der Waals surface area contributed by atoms with Gasteiger partial charge in [0.15, 0.2) is 0 Å². The molecule has 92 valence electrons. The van der Waals surface area contributed by atoms with E-state index < -0.39 is 11.8 Å². The van der Waals surface area contributed by atoms with Crippen molar-refractivity contribution < 1.29 is 14.3 Å². The quantitative estimate of drug-likeness (QED) is 0.879. The maximum atomic E-state index is 13.4. The fourth-order valence-corrected chi connectivity index (χ4v) is 3.05. The van der Waals surface area contributed by atoms with Gasteiger partial charge in [-0.25, -0.2) is 9.18 Å². The van der Waals surface area contributed by atoms with E-state index in [1.807, 2.05) is 0 Å². The van der Waals surface area contributed by atoms with E-state index in [1.54, 1.807) is 0 Å². The lowest BCUT2D eigenvalue weighted by Gasteiger charge is -2.10. The second-order valence-corrected chi connectivity index (χ2v) is 5.21. The van der Waals surface area contributed by atoms with Gasteiger partial charge in [-0.2, -0.15) is 0 Å². The molecule has 1 N–H and O–H groups in total. The molecule has 3 rings (SSSR count). The molecular weight excluding hydrogens is 301 g/mol. The van der Waals surface area contributed by atoms with Crippen molar-refractivity contribution in [1.29, 1.82) is 0 Å². The average Bonchev–Trinajstić information content (AvgIpc) is 2.73. The smallest absolute Gasteiger partial charge is 0.336 e. The number of aromatic carboxylic acids is 1. The largest absolute Gasteiger partial charge is 0.478 e. The van der Waals surface area contributed by atoms with Gasteiger partial charge in [0.1, 0.15) is 5.82 Å². The second-order valence-electron chi connectivity index (χ2n) is 4.35. The first kappa shape index (κ1) is 11.6. The number of aromatic nitrogens is 1. The molecule has 0 amide bonds. The van der Waals surface area contributed by atoms with Crippen LogP contribution in [0.25, 0.3) is 10.9 Å². The Morgan fingerprint density at radius 1 is 1.39 bits per heavy atom. The summed E-state index contributed by atoms with van der Waals surface area (Å²) in [5, 5.41) is 9.73. The number of rotatable bonds is 1. The van der Waals surface area contributed by atoms with Gasteiger partial charge in [-0.3, -0.25) is 4.98 Å². The Labute approximate surface area is 111 Å². The van der Waals surface area contributed by atoms with Crippen LogP contribution < -0.4 is 0 Å². The molecule has 1 heterocycles. The number of carbonyl (C=O) groups is 1. The Bertz CT molecular complexity index is 684. The van der Waals surface area contributed by atoms with E-state index in [-0.39, 0.29) is 5.56 Å². The van der Waals surface area contributed by atoms with Gasteiger partial charge >= 0.3 is 5.97 Å². The van der Waals surface area contributed by atoms with E-state index in [0.29, 0.717) is 21.8 Å². The summed E-state index contributed by atoms with van der Waals surface area (Å²) in [4.78, 5) is 15.9. The van der Waals surface area contributed by atoms with E-state index in [9.17, 15) is 14.3 Å². The number of carboxylic acids is 1. The second kappa shape index (κ2) is 4.02. The van der Waals surface area contributed by atoms with Crippen LogP contribution in [0.2, 0.25) is 0 Å². The third kappa shape index (κ3) is 1.61. The van der Waals surface area contributed by atoms with Crippen molar-refractivity contribution >= 4 is 32.8 Å². The first-order chi connectivity index (χ1) is 8.58. The average molecular weight is 310 g/mol. The molecule has 1 aromatic heterocycles. The number of nitrogens with zero attached hydrogens (tertiary/aromatic N) is 1. The zero-order valence-corrected chi connectivity index (χ0v) is 10.9. The van der Waals surface area contributed by atoms with E-state index in [4.69, 9.17) is 0 Å². The first-order valence-corrected chi connectivity index (χ1v) is 6.41. The molecule has 2 aromatic rings. The van der Waals surface area contributed by atoms with E-state index >= 15 is 0 Å². The van der Waals surface area contributed by atoms with Crippen LogP contribution in [0.3, 0.4) is 0 Å². The van der Waals surface area contributed by atoms with Crippen molar-refractivity contribution in [3.8, 4) is 0 Å². The number of hydrogen-bond donors (Lipinski definition) is 1. The minimum Gasteiger partial charge on any atom is -0.478 e. The van der Waals surface area contributed by atoms with Crippen molar-refractivity contribution in [2.24, 2.45) is 0 Å². The summed E-state index contributed by atoms with van der Waals surface area (Å²) in [6.45, 7) is 0. The molecule has 1 aliphatic rings. The summed E-state index contributed by atoms with van der Waals surface area (Å²) in [5.41, 5.74) is 2.31. The zero-order chi connectivity index (χ0) is 12.9. The Morgan fingerprint density at radius 3 is 2.89 bits per heavy atom. The lowest BCUT2D eigenvalue weighted by molar-refractivity contribution is 0.0698. The van der Waals surface area contributed by atoms with E-state index in [1.165, 1.54) is 12.1 Å². The topological polar surface area (TPSA) is 50.2 Å². The Morgan fingerprint density at radius 2 is 2.17 bits per heavy atom. The maximum absolute atomic E-state index is 13.4. The number of aryl methyl sites for hydroxylation is 1. The molecular formula is C13H9BrFNO2. The Hall–Kier alpha value is -1.49. The molecule has 5 heteroatoms.